The summed E-state index contributed by atoms with van der Waals surface area (Å²) in [6.07, 6.45) is 7.26. The molecule has 5 nitrogen and oxygen atoms in total. The van der Waals surface area contributed by atoms with Crippen LogP contribution in [0.25, 0.3) is 5.69 Å². The highest BCUT2D eigenvalue weighted by Crippen LogP contribution is 2.61. The smallest absolute Gasteiger partial charge is 0.292 e. The van der Waals surface area contributed by atoms with Gasteiger partial charge in [-0.05, 0) is 73.6 Å². The SMILES string of the molecule is O=Nc1c(C23CC4CC(CC(C4)C2)C3)[nH]n(-c2ccccc2)c1=O. The lowest BCUT2D eigenvalue weighted by Gasteiger charge is -2.56. The van der Waals surface area contributed by atoms with E-state index in [1.165, 1.54) is 23.9 Å². The van der Waals surface area contributed by atoms with Crippen molar-refractivity contribution in [1.82, 2.24) is 9.78 Å². The molecular formula is C19H21N3O2. The van der Waals surface area contributed by atoms with Crippen molar-refractivity contribution in [1.29, 1.82) is 0 Å². The molecule has 124 valence electrons. The van der Waals surface area contributed by atoms with Crippen LogP contribution in [-0.2, 0) is 5.41 Å². The number of nitroso groups, excluding NO2 is 1. The molecule has 4 fully saturated rings. The number of aromatic nitrogens is 2. The van der Waals surface area contributed by atoms with Gasteiger partial charge >= 0.3 is 5.56 Å². The summed E-state index contributed by atoms with van der Waals surface area (Å²) in [4.78, 5) is 24.3. The van der Waals surface area contributed by atoms with Crippen molar-refractivity contribution in [2.24, 2.45) is 22.9 Å². The average Bonchev–Trinajstić information content (AvgIpc) is 2.92. The fourth-order valence-electron chi connectivity index (χ4n) is 6.06. The molecule has 1 N–H and O–H groups in total. The first-order valence-corrected chi connectivity index (χ1v) is 8.93. The third-order valence-electron chi connectivity index (χ3n) is 6.54. The highest BCUT2D eigenvalue weighted by molar-refractivity contribution is 5.48. The van der Waals surface area contributed by atoms with E-state index >= 15 is 0 Å². The van der Waals surface area contributed by atoms with Gasteiger partial charge in [0.05, 0.1) is 11.4 Å². The number of aromatic amines is 1. The summed E-state index contributed by atoms with van der Waals surface area (Å²) in [5.41, 5.74) is 1.29. The second-order valence-corrected chi connectivity index (χ2v) is 8.10. The second kappa shape index (κ2) is 4.91. The predicted molar refractivity (Wildman–Crippen MR) is 91.7 cm³/mol. The number of para-hydroxylation sites is 1. The summed E-state index contributed by atoms with van der Waals surface area (Å²) in [6.45, 7) is 0. The van der Waals surface area contributed by atoms with E-state index in [4.69, 9.17) is 0 Å². The van der Waals surface area contributed by atoms with Crippen LogP contribution >= 0.6 is 0 Å². The number of nitrogens with zero attached hydrogens (tertiary/aromatic N) is 2. The largest absolute Gasteiger partial charge is 0.301 e. The summed E-state index contributed by atoms with van der Waals surface area (Å²) >= 11 is 0. The fourth-order valence-corrected chi connectivity index (χ4v) is 6.06. The minimum atomic E-state index is -0.318. The van der Waals surface area contributed by atoms with Gasteiger partial charge in [-0.25, -0.2) is 4.68 Å². The van der Waals surface area contributed by atoms with Crippen molar-refractivity contribution in [3.8, 4) is 5.69 Å². The summed E-state index contributed by atoms with van der Waals surface area (Å²) < 4.78 is 1.49. The topological polar surface area (TPSA) is 67.2 Å². The van der Waals surface area contributed by atoms with Crippen LogP contribution in [0.5, 0.6) is 0 Å². The quantitative estimate of drug-likeness (QED) is 0.867. The monoisotopic (exact) mass is 323 g/mol. The van der Waals surface area contributed by atoms with E-state index in [9.17, 15) is 9.70 Å². The van der Waals surface area contributed by atoms with E-state index in [0.29, 0.717) is 0 Å². The van der Waals surface area contributed by atoms with Crippen LogP contribution < -0.4 is 5.56 Å². The van der Waals surface area contributed by atoms with E-state index < -0.39 is 0 Å². The van der Waals surface area contributed by atoms with Crippen molar-refractivity contribution < 1.29 is 0 Å². The fraction of sp³-hybridized carbons (Fsp3) is 0.526. The Balaban J connectivity index is 1.67. The van der Waals surface area contributed by atoms with Gasteiger partial charge in [-0.15, -0.1) is 4.91 Å². The lowest BCUT2D eigenvalue weighted by molar-refractivity contribution is -0.00707. The molecule has 5 heteroatoms. The minimum Gasteiger partial charge on any atom is -0.292 e. The molecule has 0 amide bonds. The van der Waals surface area contributed by atoms with Crippen LogP contribution in [0.1, 0.15) is 44.2 Å². The van der Waals surface area contributed by atoms with Crippen molar-refractivity contribution >= 4 is 5.69 Å². The van der Waals surface area contributed by atoms with Crippen molar-refractivity contribution in [2.75, 3.05) is 0 Å². The number of hydrogen-bond acceptors (Lipinski definition) is 3. The minimum absolute atomic E-state index is 0.0445. The molecular weight excluding hydrogens is 302 g/mol. The molecule has 6 rings (SSSR count). The first-order valence-electron chi connectivity index (χ1n) is 8.93. The number of rotatable bonds is 3. The molecule has 24 heavy (non-hydrogen) atoms. The second-order valence-electron chi connectivity index (χ2n) is 8.10. The first-order chi connectivity index (χ1) is 11.7. The van der Waals surface area contributed by atoms with Gasteiger partial charge in [0, 0.05) is 5.41 Å². The van der Waals surface area contributed by atoms with Crippen molar-refractivity contribution in [3.63, 3.8) is 0 Å². The molecule has 4 bridgehead atoms. The number of nitrogens with one attached hydrogen (secondary N) is 1. The standard InChI is InChI=1S/C19H21N3O2/c23-18-16(21-24)17(20-22(18)15-4-2-1-3-5-15)19-9-12-6-13(10-19)8-14(7-12)11-19/h1-5,12-14,20H,6-11H2. The molecule has 0 spiro atoms. The summed E-state index contributed by atoms with van der Waals surface area (Å²) in [7, 11) is 0. The third-order valence-corrected chi connectivity index (χ3v) is 6.54. The first kappa shape index (κ1) is 14.2. The Morgan fingerprint density at radius 2 is 1.58 bits per heavy atom. The molecule has 0 aliphatic heterocycles. The summed E-state index contributed by atoms with van der Waals surface area (Å²) in [6, 6.07) is 9.43. The van der Waals surface area contributed by atoms with Gasteiger partial charge in [-0.3, -0.25) is 9.89 Å². The molecule has 2 aromatic rings. The zero-order valence-corrected chi connectivity index (χ0v) is 13.6. The van der Waals surface area contributed by atoms with Gasteiger partial charge in [0.1, 0.15) is 0 Å². The molecule has 1 heterocycles. The molecule has 0 saturated heterocycles. The average molecular weight is 323 g/mol. The molecule has 4 aliphatic rings. The van der Waals surface area contributed by atoms with Crippen molar-refractivity contribution in [3.05, 3.63) is 51.3 Å². The van der Waals surface area contributed by atoms with E-state index in [-0.39, 0.29) is 16.7 Å². The lowest BCUT2D eigenvalue weighted by atomic mass is 9.48. The molecule has 0 radical (unpaired) electrons. The Hall–Kier alpha value is -2.17. The van der Waals surface area contributed by atoms with Gasteiger partial charge in [0.25, 0.3) is 0 Å². The third kappa shape index (κ3) is 1.90. The normalized spacial score (nSPS) is 33.8. The summed E-state index contributed by atoms with van der Waals surface area (Å²) in [5, 5.41) is 6.44. The molecule has 0 atom stereocenters. The highest BCUT2D eigenvalue weighted by Gasteiger charge is 2.53. The van der Waals surface area contributed by atoms with Crippen molar-refractivity contribution in [2.45, 2.75) is 43.9 Å². The molecule has 4 aliphatic carbocycles. The van der Waals surface area contributed by atoms with Crippen LogP contribution in [0.4, 0.5) is 5.69 Å². The Morgan fingerprint density at radius 3 is 2.12 bits per heavy atom. The van der Waals surface area contributed by atoms with Crippen LogP contribution in [0.15, 0.2) is 40.3 Å². The van der Waals surface area contributed by atoms with E-state index in [0.717, 1.165) is 48.4 Å². The molecule has 1 aromatic carbocycles. The zero-order valence-electron chi connectivity index (χ0n) is 13.6. The summed E-state index contributed by atoms with van der Waals surface area (Å²) in [5.74, 6) is 2.25. The maximum Gasteiger partial charge on any atom is 0.301 e. The Kier molecular flexibility index (Phi) is 2.91. The zero-order chi connectivity index (χ0) is 16.3. The predicted octanol–water partition coefficient (Wildman–Crippen LogP) is 4.03. The highest BCUT2D eigenvalue weighted by atomic mass is 16.3. The maximum absolute atomic E-state index is 12.8. The molecule has 4 saturated carbocycles. The number of H-pyrrole nitrogens is 1. The van der Waals surface area contributed by atoms with Gasteiger partial charge in [-0.1, -0.05) is 18.2 Å². The number of benzene rings is 1. The lowest BCUT2D eigenvalue weighted by Crippen LogP contribution is -2.48. The van der Waals surface area contributed by atoms with Gasteiger partial charge < -0.3 is 0 Å². The van der Waals surface area contributed by atoms with E-state index in [1.807, 2.05) is 30.3 Å². The number of hydrogen-bond donors (Lipinski definition) is 1. The van der Waals surface area contributed by atoms with Gasteiger partial charge in [0.2, 0.25) is 0 Å². The maximum atomic E-state index is 12.8. The van der Waals surface area contributed by atoms with Gasteiger partial charge in [-0.2, -0.15) is 0 Å². The Labute approximate surface area is 140 Å². The molecule has 0 unspecified atom stereocenters. The Bertz CT molecular complexity index is 814. The van der Waals surface area contributed by atoms with E-state index in [2.05, 4.69) is 10.3 Å². The molecule has 1 aromatic heterocycles. The van der Waals surface area contributed by atoms with Crippen LogP contribution in [0.2, 0.25) is 0 Å². The van der Waals surface area contributed by atoms with Crippen LogP contribution in [-0.4, -0.2) is 9.78 Å². The van der Waals surface area contributed by atoms with Gasteiger partial charge in [0.15, 0.2) is 5.69 Å². The van der Waals surface area contributed by atoms with E-state index in [1.54, 1.807) is 0 Å². The van der Waals surface area contributed by atoms with Crippen LogP contribution in [0.3, 0.4) is 0 Å². The Morgan fingerprint density at radius 1 is 1.00 bits per heavy atom. The van der Waals surface area contributed by atoms with Crippen LogP contribution in [0, 0.1) is 22.7 Å².